The molecule has 32 heavy (non-hydrogen) atoms. The van der Waals surface area contributed by atoms with E-state index in [0.717, 1.165) is 30.0 Å². The van der Waals surface area contributed by atoms with Crippen LogP contribution < -0.4 is 15.8 Å². The number of nitrogens with zero attached hydrogens (tertiary/aromatic N) is 4. The third-order valence-electron chi connectivity index (χ3n) is 4.70. The molecule has 2 heterocycles. The van der Waals surface area contributed by atoms with Gasteiger partial charge in [0.05, 0.1) is 5.75 Å². The molecule has 0 aliphatic carbocycles. The van der Waals surface area contributed by atoms with Crippen LogP contribution >= 0.6 is 23.1 Å². The Hall–Kier alpha value is -2.98. The van der Waals surface area contributed by atoms with Crippen LogP contribution in [0.25, 0.3) is 10.3 Å². The molecule has 0 aliphatic heterocycles. The van der Waals surface area contributed by atoms with Gasteiger partial charge in [0.1, 0.15) is 4.70 Å². The summed E-state index contributed by atoms with van der Waals surface area (Å²) in [5.41, 5.74) is 1.26. The summed E-state index contributed by atoms with van der Waals surface area (Å²) in [6.07, 6.45) is 1.62. The molecule has 1 amide bonds. The third-order valence-corrected chi connectivity index (χ3v) is 6.77. The van der Waals surface area contributed by atoms with Crippen molar-refractivity contribution in [2.24, 2.45) is 0 Å². The molecule has 1 aromatic carbocycles. The number of thioether (sulfide) groups is 1. The van der Waals surface area contributed by atoms with E-state index in [1.165, 1.54) is 22.8 Å². The molecule has 0 saturated heterocycles. The zero-order chi connectivity index (χ0) is 23.3. The molecule has 1 N–H and O–H groups in total. The van der Waals surface area contributed by atoms with Gasteiger partial charge in [0.15, 0.2) is 21.7 Å². The average molecular weight is 472 g/mol. The molecule has 0 radical (unpaired) electrons. The standard InChI is InChI=1S/C22H25N5O3S2/c1-5-11-27-20(30)18-19(24-21(32-18)26(6-2)7-3)25-22(27)31-13-17(29)23-16-10-8-9-15(12-16)14(4)28/h5,8-10,12H,1,6-7,11,13H2,2-4H3,(H,23,29). The van der Waals surface area contributed by atoms with Gasteiger partial charge in [0, 0.05) is 30.9 Å². The second kappa shape index (κ2) is 10.6. The lowest BCUT2D eigenvalue weighted by Crippen LogP contribution is -2.23. The summed E-state index contributed by atoms with van der Waals surface area (Å²) >= 11 is 2.49. The van der Waals surface area contributed by atoms with Gasteiger partial charge < -0.3 is 10.2 Å². The number of aromatic nitrogens is 3. The molecular weight excluding hydrogens is 446 g/mol. The quantitative estimate of drug-likeness (QED) is 0.208. The van der Waals surface area contributed by atoms with Gasteiger partial charge >= 0.3 is 0 Å². The summed E-state index contributed by atoms with van der Waals surface area (Å²) in [4.78, 5) is 48.3. The minimum absolute atomic E-state index is 0.0480. The molecular formula is C22H25N5O3S2. The highest BCUT2D eigenvalue weighted by molar-refractivity contribution is 7.99. The van der Waals surface area contributed by atoms with Gasteiger partial charge in [-0.3, -0.25) is 19.0 Å². The second-order valence-electron chi connectivity index (χ2n) is 6.89. The molecule has 168 valence electrons. The maximum Gasteiger partial charge on any atom is 0.274 e. The van der Waals surface area contributed by atoms with E-state index in [0.29, 0.717) is 26.8 Å². The largest absolute Gasteiger partial charge is 0.349 e. The van der Waals surface area contributed by atoms with E-state index in [9.17, 15) is 14.4 Å². The van der Waals surface area contributed by atoms with Crippen LogP contribution in [0.3, 0.4) is 0 Å². The number of ketones is 1. The summed E-state index contributed by atoms with van der Waals surface area (Å²) in [6.45, 7) is 11.1. The van der Waals surface area contributed by atoms with Gasteiger partial charge in [-0.05, 0) is 32.9 Å². The first-order valence-electron chi connectivity index (χ1n) is 10.2. The highest BCUT2D eigenvalue weighted by Gasteiger charge is 2.18. The summed E-state index contributed by atoms with van der Waals surface area (Å²) in [5, 5.41) is 3.94. The van der Waals surface area contributed by atoms with E-state index < -0.39 is 0 Å². The Morgan fingerprint density at radius 3 is 2.69 bits per heavy atom. The number of carbonyl (C=O) groups excluding carboxylic acids is 2. The first-order valence-corrected chi connectivity index (χ1v) is 12.0. The van der Waals surface area contributed by atoms with Crippen molar-refractivity contribution in [3.05, 3.63) is 52.8 Å². The molecule has 3 aromatic rings. The minimum atomic E-state index is -0.266. The Balaban J connectivity index is 1.84. The Bertz CT molecular complexity index is 1210. The molecule has 0 saturated carbocycles. The van der Waals surface area contributed by atoms with E-state index in [2.05, 4.69) is 26.8 Å². The molecule has 0 fully saturated rings. The highest BCUT2D eigenvalue weighted by Crippen LogP contribution is 2.27. The van der Waals surface area contributed by atoms with Gasteiger partial charge in [0.25, 0.3) is 5.56 Å². The van der Waals surface area contributed by atoms with Crippen molar-refractivity contribution in [1.82, 2.24) is 14.5 Å². The van der Waals surface area contributed by atoms with E-state index in [-0.39, 0.29) is 29.5 Å². The maximum absolute atomic E-state index is 13.1. The minimum Gasteiger partial charge on any atom is -0.349 e. The van der Waals surface area contributed by atoms with Crippen LogP contribution in [0.5, 0.6) is 0 Å². The lowest BCUT2D eigenvalue weighted by Gasteiger charge is -2.15. The number of hydrogen-bond donors (Lipinski definition) is 1. The fourth-order valence-corrected chi connectivity index (χ4v) is 4.93. The molecule has 0 spiro atoms. The second-order valence-corrected chi connectivity index (χ2v) is 8.81. The van der Waals surface area contributed by atoms with Crippen LogP contribution in [0.15, 0.2) is 46.9 Å². The normalized spacial score (nSPS) is 10.8. The van der Waals surface area contributed by atoms with Crippen molar-refractivity contribution < 1.29 is 9.59 Å². The number of amides is 1. The van der Waals surface area contributed by atoms with Crippen molar-refractivity contribution in [3.63, 3.8) is 0 Å². The first kappa shape index (κ1) is 23.7. The zero-order valence-corrected chi connectivity index (χ0v) is 19.9. The van der Waals surface area contributed by atoms with Gasteiger partial charge in [0.2, 0.25) is 5.91 Å². The third kappa shape index (κ3) is 5.25. The molecule has 2 aromatic heterocycles. The lowest BCUT2D eigenvalue weighted by atomic mass is 10.1. The molecule has 8 nitrogen and oxygen atoms in total. The van der Waals surface area contributed by atoms with Crippen LogP contribution in [0.2, 0.25) is 0 Å². The fraction of sp³-hybridized carbons (Fsp3) is 0.318. The monoisotopic (exact) mass is 471 g/mol. The Labute approximate surface area is 194 Å². The number of thiazole rings is 1. The summed E-state index contributed by atoms with van der Waals surface area (Å²) in [7, 11) is 0. The molecule has 3 rings (SSSR count). The van der Waals surface area contributed by atoms with Crippen molar-refractivity contribution in [2.75, 3.05) is 29.1 Å². The lowest BCUT2D eigenvalue weighted by molar-refractivity contribution is -0.113. The van der Waals surface area contributed by atoms with E-state index in [1.807, 2.05) is 13.8 Å². The molecule has 0 atom stereocenters. The summed E-state index contributed by atoms with van der Waals surface area (Å²) < 4.78 is 2.00. The van der Waals surface area contributed by atoms with Crippen LogP contribution in [-0.4, -0.2) is 45.1 Å². The van der Waals surface area contributed by atoms with Gasteiger partial charge in [-0.15, -0.1) is 6.58 Å². The van der Waals surface area contributed by atoms with Crippen molar-refractivity contribution >= 4 is 56.0 Å². The predicted octanol–water partition coefficient (Wildman–Crippen LogP) is 3.82. The molecule has 0 bridgehead atoms. The number of carbonyl (C=O) groups is 2. The SMILES string of the molecule is C=CCn1c(SCC(=O)Nc2cccc(C(C)=O)c2)nc2nc(N(CC)CC)sc2c1=O. The number of anilines is 2. The summed E-state index contributed by atoms with van der Waals surface area (Å²) in [6, 6.07) is 6.76. The molecule has 0 aliphatic rings. The van der Waals surface area contributed by atoms with Crippen LogP contribution in [0.4, 0.5) is 10.8 Å². The Morgan fingerprint density at radius 1 is 1.28 bits per heavy atom. The molecule has 10 heteroatoms. The molecule has 0 unspecified atom stereocenters. The van der Waals surface area contributed by atoms with Gasteiger partial charge in [-0.25, -0.2) is 4.98 Å². The number of rotatable bonds is 10. The maximum atomic E-state index is 13.1. The van der Waals surface area contributed by atoms with Crippen molar-refractivity contribution in [2.45, 2.75) is 32.5 Å². The number of allylic oxidation sites excluding steroid dienone is 1. The number of Topliss-reactive ketones (excluding diaryl/α,β-unsaturated/α-hetero) is 1. The van der Waals surface area contributed by atoms with Crippen molar-refractivity contribution in [3.8, 4) is 0 Å². The fourth-order valence-electron chi connectivity index (χ4n) is 3.05. The number of nitrogens with one attached hydrogen (secondary N) is 1. The van der Waals surface area contributed by atoms with Gasteiger partial charge in [-0.2, -0.15) is 4.98 Å². The first-order chi connectivity index (χ1) is 15.4. The topological polar surface area (TPSA) is 97.2 Å². The van der Waals surface area contributed by atoms with Crippen LogP contribution in [-0.2, 0) is 11.3 Å². The zero-order valence-electron chi connectivity index (χ0n) is 18.3. The summed E-state index contributed by atoms with van der Waals surface area (Å²) in [5.74, 6) is -0.294. The van der Waals surface area contributed by atoms with Crippen molar-refractivity contribution in [1.29, 1.82) is 0 Å². The number of fused-ring (bicyclic) bond motifs is 1. The van der Waals surface area contributed by atoms with E-state index >= 15 is 0 Å². The number of benzene rings is 1. The smallest absolute Gasteiger partial charge is 0.274 e. The van der Waals surface area contributed by atoms with Gasteiger partial charge in [-0.1, -0.05) is 41.3 Å². The van der Waals surface area contributed by atoms with E-state index in [1.54, 1.807) is 30.3 Å². The van der Waals surface area contributed by atoms with Crippen LogP contribution in [0.1, 0.15) is 31.1 Å². The number of hydrogen-bond acceptors (Lipinski definition) is 8. The van der Waals surface area contributed by atoms with E-state index in [4.69, 9.17) is 0 Å². The Kier molecular flexibility index (Phi) is 7.81. The highest BCUT2D eigenvalue weighted by atomic mass is 32.2. The predicted molar refractivity (Wildman–Crippen MR) is 131 cm³/mol. The van der Waals surface area contributed by atoms with Crippen LogP contribution in [0, 0.1) is 0 Å². The Morgan fingerprint density at radius 2 is 2.03 bits per heavy atom. The average Bonchev–Trinajstić information content (AvgIpc) is 3.19.